The molecule has 0 aromatic carbocycles. The maximum atomic E-state index is 12.1. The number of hydrogen-bond acceptors (Lipinski definition) is 5. The lowest BCUT2D eigenvalue weighted by atomic mass is 10.2. The number of nitrogens with one attached hydrogen (secondary N) is 1. The second-order valence-corrected chi connectivity index (χ2v) is 8.13. The lowest BCUT2D eigenvalue weighted by molar-refractivity contribution is 0.584. The summed E-state index contributed by atoms with van der Waals surface area (Å²) in [6.45, 7) is 2.77. The Kier molecular flexibility index (Phi) is 4.75. The molecule has 7 heteroatoms. The van der Waals surface area contributed by atoms with Crippen LogP contribution in [0.5, 0.6) is 0 Å². The average Bonchev–Trinajstić information content (AvgIpc) is 3.05. The third-order valence-corrected chi connectivity index (χ3v) is 6.71. The van der Waals surface area contributed by atoms with Gasteiger partial charge >= 0.3 is 0 Å². The second-order valence-electron chi connectivity index (χ2n) is 3.97. The lowest BCUT2D eigenvalue weighted by Gasteiger charge is -2.05. The van der Waals surface area contributed by atoms with Crippen LogP contribution in [-0.2, 0) is 29.5 Å². The van der Waals surface area contributed by atoms with Crippen molar-refractivity contribution in [2.24, 2.45) is 5.73 Å². The van der Waals surface area contributed by atoms with Crippen LogP contribution in [0, 0.1) is 0 Å². The summed E-state index contributed by atoms with van der Waals surface area (Å²) in [6.07, 6.45) is 0.914. The summed E-state index contributed by atoms with van der Waals surface area (Å²) in [7, 11) is -3.43. The van der Waals surface area contributed by atoms with Crippen molar-refractivity contribution < 1.29 is 8.42 Å². The SMILES string of the molecule is CCc1ccsc1CNS(=O)(=O)c1ccc(CN)s1. The molecule has 0 spiro atoms. The zero-order valence-corrected chi connectivity index (χ0v) is 13.0. The van der Waals surface area contributed by atoms with Crippen molar-refractivity contribution in [3.63, 3.8) is 0 Å². The Morgan fingerprint density at radius 2 is 2.11 bits per heavy atom. The summed E-state index contributed by atoms with van der Waals surface area (Å²) in [6, 6.07) is 5.39. The lowest BCUT2D eigenvalue weighted by Crippen LogP contribution is -2.22. The number of thiophene rings is 2. The van der Waals surface area contributed by atoms with E-state index in [-0.39, 0.29) is 0 Å². The Labute approximate surface area is 121 Å². The van der Waals surface area contributed by atoms with E-state index in [1.807, 2.05) is 11.4 Å². The fourth-order valence-corrected chi connectivity index (χ4v) is 4.96. The zero-order valence-electron chi connectivity index (χ0n) is 10.5. The third kappa shape index (κ3) is 3.43. The summed E-state index contributed by atoms with van der Waals surface area (Å²) < 4.78 is 27.2. The van der Waals surface area contributed by atoms with Crippen molar-refractivity contribution in [2.75, 3.05) is 0 Å². The number of aryl methyl sites for hydroxylation is 1. The van der Waals surface area contributed by atoms with Gasteiger partial charge in [-0.1, -0.05) is 6.92 Å². The quantitative estimate of drug-likeness (QED) is 0.859. The van der Waals surface area contributed by atoms with Gasteiger partial charge in [0.25, 0.3) is 0 Å². The van der Waals surface area contributed by atoms with E-state index in [0.717, 1.165) is 16.2 Å². The van der Waals surface area contributed by atoms with E-state index >= 15 is 0 Å². The number of rotatable bonds is 6. The smallest absolute Gasteiger partial charge is 0.250 e. The van der Waals surface area contributed by atoms with E-state index in [1.54, 1.807) is 23.5 Å². The van der Waals surface area contributed by atoms with Crippen LogP contribution >= 0.6 is 22.7 Å². The molecule has 19 heavy (non-hydrogen) atoms. The van der Waals surface area contributed by atoms with Crippen LogP contribution in [0.15, 0.2) is 27.8 Å². The van der Waals surface area contributed by atoms with Crippen molar-refractivity contribution in [2.45, 2.75) is 30.6 Å². The van der Waals surface area contributed by atoms with Gasteiger partial charge in [-0.2, -0.15) is 0 Å². The minimum atomic E-state index is -3.43. The topological polar surface area (TPSA) is 72.2 Å². The van der Waals surface area contributed by atoms with E-state index < -0.39 is 10.0 Å². The van der Waals surface area contributed by atoms with Crippen molar-refractivity contribution in [1.82, 2.24) is 4.72 Å². The van der Waals surface area contributed by atoms with Gasteiger partial charge in [0.1, 0.15) is 4.21 Å². The molecule has 0 atom stereocenters. The van der Waals surface area contributed by atoms with Crippen LogP contribution in [0.1, 0.15) is 22.2 Å². The van der Waals surface area contributed by atoms with E-state index in [4.69, 9.17) is 5.73 Å². The molecular formula is C12H16N2O2S3. The van der Waals surface area contributed by atoms with Gasteiger partial charge in [-0.05, 0) is 35.6 Å². The maximum absolute atomic E-state index is 12.1. The van der Waals surface area contributed by atoms with Crippen molar-refractivity contribution in [3.05, 3.63) is 38.9 Å². The van der Waals surface area contributed by atoms with E-state index in [0.29, 0.717) is 17.3 Å². The molecule has 104 valence electrons. The average molecular weight is 316 g/mol. The van der Waals surface area contributed by atoms with Crippen LogP contribution in [0.2, 0.25) is 0 Å². The molecule has 0 aliphatic carbocycles. The highest BCUT2D eigenvalue weighted by atomic mass is 32.2. The summed E-state index contributed by atoms with van der Waals surface area (Å²) >= 11 is 2.79. The first-order valence-corrected chi connectivity index (χ1v) is 9.08. The molecule has 0 fully saturated rings. The van der Waals surface area contributed by atoms with Crippen LogP contribution in [0.25, 0.3) is 0 Å². The Bertz CT molecular complexity index is 643. The van der Waals surface area contributed by atoms with Crippen LogP contribution in [0.3, 0.4) is 0 Å². The molecule has 2 aromatic heterocycles. The van der Waals surface area contributed by atoms with Crippen LogP contribution < -0.4 is 10.5 Å². The monoisotopic (exact) mass is 316 g/mol. The van der Waals surface area contributed by atoms with Crippen LogP contribution in [-0.4, -0.2) is 8.42 Å². The summed E-state index contributed by atoms with van der Waals surface area (Å²) in [4.78, 5) is 1.94. The molecule has 0 aliphatic heterocycles. The largest absolute Gasteiger partial charge is 0.326 e. The molecule has 0 radical (unpaired) electrons. The van der Waals surface area contributed by atoms with Gasteiger partial charge < -0.3 is 5.73 Å². The minimum absolute atomic E-state index is 0.322. The van der Waals surface area contributed by atoms with E-state index in [1.165, 1.54) is 16.9 Å². The van der Waals surface area contributed by atoms with Gasteiger partial charge in [0.05, 0.1) is 0 Å². The molecule has 4 nitrogen and oxygen atoms in total. The first kappa shape index (κ1) is 14.7. The third-order valence-electron chi connectivity index (χ3n) is 2.74. The first-order valence-electron chi connectivity index (χ1n) is 5.90. The summed E-state index contributed by atoms with van der Waals surface area (Å²) in [5.74, 6) is 0. The normalized spacial score (nSPS) is 11.9. The minimum Gasteiger partial charge on any atom is -0.326 e. The number of hydrogen-bond donors (Lipinski definition) is 2. The molecule has 0 unspecified atom stereocenters. The van der Waals surface area contributed by atoms with Crippen molar-refractivity contribution >= 4 is 32.7 Å². The van der Waals surface area contributed by atoms with Gasteiger partial charge in [-0.15, -0.1) is 22.7 Å². The Hall–Kier alpha value is -0.730. The predicted octanol–water partition coefficient (Wildman–Crippen LogP) is 2.31. The number of sulfonamides is 1. The highest BCUT2D eigenvalue weighted by Gasteiger charge is 2.17. The fourth-order valence-electron chi connectivity index (χ4n) is 1.68. The molecule has 0 aliphatic rings. The molecule has 0 saturated heterocycles. The van der Waals surface area contributed by atoms with Crippen molar-refractivity contribution in [1.29, 1.82) is 0 Å². The van der Waals surface area contributed by atoms with Gasteiger partial charge in [-0.25, -0.2) is 13.1 Å². The van der Waals surface area contributed by atoms with E-state index in [9.17, 15) is 8.42 Å². The van der Waals surface area contributed by atoms with E-state index in [2.05, 4.69) is 11.6 Å². The highest BCUT2D eigenvalue weighted by Crippen LogP contribution is 2.22. The molecule has 0 bridgehead atoms. The highest BCUT2D eigenvalue weighted by molar-refractivity contribution is 7.91. The molecule has 0 saturated carbocycles. The maximum Gasteiger partial charge on any atom is 0.250 e. The molecule has 2 aromatic rings. The van der Waals surface area contributed by atoms with Gasteiger partial charge in [0, 0.05) is 22.8 Å². The van der Waals surface area contributed by atoms with Gasteiger partial charge in [-0.3, -0.25) is 0 Å². The molecule has 3 N–H and O–H groups in total. The Morgan fingerprint density at radius 1 is 1.32 bits per heavy atom. The Morgan fingerprint density at radius 3 is 2.74 bits per heavy atom. The fraction of sp³-hybridized carbons (Fsp3) is 0.333. The second kappa shape index (κ2) is 6.15. The first-order chi connectivity index (χ1) is 9.06. The van der Waals surface area contributed by atoms with Crippen LogP contribution in [0.4, 0.5) is 0 Å². The summed E-state index contributed by atoms with van der Waals surface area (Å²) in [5.41, 5.74) is 6.69. The molecule has 2 rings (SSSR count). The molecular weight excluding hydrogens is 300 g/mol. The molecule has 2 heterocycles. The van der Waals surface area contributed by atoms with Gasteiger partial charge in [0.15, 0.2) is 0 Å². The zero-order chi connectivity index (χ0) is 13.9. The summed E-state index contributed by atoms with van der Waals surface area (Å²) in [5, 5.41) is 1.99. The predicted molar refractivity (Wildman–Crippen MR) is 79.9 cm³/mol. The van der Waals surface area contributed by atoms with Gasteiger partial charge in [0.2, 0.25) is 10.0 Å². The van der Waals surface area contributed by atoms with Crippen molar-refractivity contribution in [3.8, 4) is 0 Å². The molecule has 0 amide bonds. The standard InChI is InChI=1S/C12H16N2O2S3/c1-2-9-5-6-17-11(9)8-14-19(15,16)12-4-3-10(7-13)18-12/h3-6,14H,2,7-8,13H2,1H3. The Balaban J connectivity index is 2.09. The number of nitrogens with two attached hydrogens (primary N) is 1.